The van der Waals surface area contributed by atoms with Crippen molar-refractivity contribution in [3.05, 3.63) is 29.6 Å². The minimum absolute atomic E-state index is 0.0625. The average Bonchev–Trinajstić information content (AvgIpc) is 2.53. The van der Waals surface area contributed by atoms with Crippen molar-refractivity contribution in [2.75, 3.05) is 26.4 Å². The Morgan fingerprint density at radius 2 is 2.33 bits per heavy atom. The molecule has 2 heterocycles. The first-order chi connectivity index (χ1) is 10.2. The number of hydrogen-bond acceptors (Lipinski definition) is 5. The van der Waals surface area contributed by atoms with E-state index in [9.17, 15) is 9.90 Å². The summed E-state index contributed by atoms with van der Waals surface area (Å²) in [6.07, 6.45) is 2.68. The molecule has 1 aliphatic rings. The Balaban J connectivity index is 2.18. The summed E-state index contributed by atoms with van der Waals surface area (Å²) in [7, 11) is 0. The van der Waals surface area contributed by atoms with Gasteiger partial charge in [-0.3, -0.25) is 9.78 Å². The molecule has 1 aromatic rings. The Morgan fingerprint density at radius 3 is 3.05 bits per heavy atom. The molecule has 6 nitrogen and oxygen atoms in total. The highest BCUT2D eigenvalue weighted by atomic mass is 16.5. The largest absolute Gasteiger partial charge is 0.394 e. The number of carbonyl (C=O) groups excluding carboxylic acids is 1. The number of carbonyl (C=O) groups is 1. The highest BCUT2D eigenvalue weighted by Crippen LogP contribution is 2.15. The topological polar surface area (TPSA) is 82.9 Å². The van der Waals surface area contributed by atoms with Crippen molar-refractivity contribution >= 4 is 5.91 Å². The van der Waals surface area contributed by atoms with Crippen LogP contribution in [0.1, 0.15) is 22.8 Å². The molecule has 0 radical (unpaired) electrons. The standard InChI is InChI=1S/C15H18N2O4/c1-11-10-21-14(9-19)8-17(11)15(20)13-5-12(3-2-4-18)6-16-7-13/h5-7,11,14,18-19H,4,8-10H2,1H3. The molecule has 1 aliphatic heterocycles. The van der Waals surface area contributed by atoms with Gasteiger partial charge in [-0.2, -0.15) is 0 Å². The van der Waals surface area contributed by atoms with Crippen LogP contribution in [0.15, 0.2) is 18.5 Å². The second-order valence-electron chi connectivity index (χ2n) is 4.87. The van der Waals surface area contributed by atoms with Crippen molar-refractivity contribution in [3.63, 3.8) is 0 Å². The lowest BCUT2D eigenvalue weighted by atomic mass is 10.1. The zero-order valence-electron chi connectivity index (χ0n) is 11.8. The van der Waals surface area contributed by atoms with Crippen LogP contribution in [-0.4, -0.2) is 64.5 Å². The van der Waals surface area contributed by atoms with E-state index in [1.807, 2.05) is 6.92 Å². The second kappa shape index (κ2) is 7.18. The Kier molecular flexibility index (Phi) is 5.28. The van der Waals surface area contributed by atoms with E-state index in [0.717, 1.165) is 0 Å². The minimum Gasteiger partial charge on any atom is -0.394 e. The number of aliphatic hydroxyl groups is 2. The number of pyridine rings is 1. The summed E-state index contributed by atoms with van der Waals surface area (Å²) in [5, 5.41) is 17.9. The second-order valence-corrected chi connectivity index (χ2v) is 4.87. The van der Waals surface area contributed by atoms with Gasteiger partial charge in [0.1, 0.15) is 6.61 Å². The minimum atomic E-state index is -0.351. The van der Waals surface area contributed by atoms with Gasteiger partial charge in [0.05, 0.1) is 30.9 Å². The van der Waals surface area contributed by atoms with Crippen molar-refractivity contribution in [3.8, 4) is 11.8 Å². The van der Waals surface area contributed by atoms with E-state index < -0.39 is 0 Å². The maximum absolute atomic E-state index is 12.5. The smallest absolute Gasteiger partial charge is 0.255 e. The number of aliphatic hydroxyl groups excluding tert-OH is 2. The number of amides is 1. The van der Waals surface area contributed by atoms with Crippen LogP contribution in [0.5, 0.6) is 0 Å². The third-order valence-electron chi connectivity index (χ3n) is 3.27. The molecule has 0 aliphatic carbocycles. The molecule has 1 saturated heterocycles. The lowest BCUT2D eigenvalue weighted by molar-refractivity contribution is -0.0667. The molecule has 1 aromatic heterocycles. The maximum Gasteiger partial charge on any atom is 0.255 e. The predicted molar refractivity (Wildman–Crippen MR) is 75.5 cm³/mol. The van der Waals surface area contributed by atoms with Gasteiger partial charge in [-0.15, -0.1) is 0 Å². The fourth-order valence-corrected chi connectivity index (χ4v) is 2.14. The zero-order chi connectivity index (χ0) is 15.2. The fraction of sp³-hybridized carbons (Fsp3) is 0.467. The van der Waals surface area contributed by atoms with Crippen LogP contribution >= 0.6 is 0 Å². The predicted octanol–water partition coefficient (Wildman–Crippen LogP) is -0.353. The van der Waals surface area contributed by atoms with Crippen molar-refractivity contribution in [1.82, 2.24) is 9.88 Å². The Hall–Kier alpha value is -1.94. The highest BCUT2D eigenvalue weighted by molar-refractivity contribution is 5.94. The number of aromatic nitrogens is 1. The van der Waals surface area contributed by atoms with Gasteiger partial charge in [0, 0.05) is 24.5 Å². The van der Waals surface area contributed by atoms with Crippen LogP contribution in [0.25, 0.3) is 0 Å². The van der Waals surface area contributed by atoms with Gasteiger partial charge in [0.25, 0.3) is 5.91 Å². The molecule has 0 spiro atoms. The summed E-state index contributed by atoms with van der Waals surface area (Å²) in [6.45, 7) is 2.29. The van der Waals surface area contributed by atoms with Crippen LogP contribution in [-0.2, 0) is 4.74 Å². The van der Waals surface area contributed by atoms with E-state index in [-0.39, 0.29) is 31.3 Å². The normalized spacial score (nSPS) is 21.6. The van der Waals surface area contributed by atoms with Gasteiger partial charge in [0.15, 0.2) is 0 Å². The quantitative estimate of drug-likeness (QED) is 0.727. The summed E-state index contributed by atoms with van der Waals surface area (Å²) in [4.78, 5) is 18.2. The Morgan fingerprint density at radius 1 is 1.52 bits per heavy atom. The third-order valence-corrected chi connectivity index (χ3v) is 3.27. The SMILES string of the molecule is CC1COC(CO)CN1C(=O)c1cncc(C#CCO)c1. The number of morpholine rings is 1. The van der Waals surface area contributed by atoms with E-state index in [4.69, 9.17) is 9.84 Å². The van der Waals surface area contributed by atoms with E-state index in [0.29, 0.717) is 24.3 Å². The number of ether oxygens (including phenoxy) is 1. The molecule has 0 bridgehead atoms. The molecule has 2 N–H and O–H groups in total. The summed E-state index contributed by atoms with van der Waals surface area (Å²) >= 11 is 0. The summed E-state index contributed by atoms with van der Waals surface area (Å²) in [6, 6.07) is 1.58. The molecule has 112 valence electrons. The van der Waals surface area contributed by atoms with Crippen molar-refractivity contribution in [2.45, 2.75) is 19.1 Å². The van der Waals surface area contributed by atoms with E-state index in [1.165, 1.54) is 6.20 Å². The van der Waals surface area contributed by atoms with Gasteiger partial charge >= 0.3 is 0 Å². The number of hydrogen-bond donors (Lipinski definition) is 2. The van der Waals surface area contributed by atoms with Crippen LogP contribution in [0, 0.1) is 11.8 Å². The molecule has 2 unspecified atom stereocenters. The molecule has 2 atom stereocenters. The molecular weight excluding hydrogens is 272 g/mol. The van der Waals surface area contributed by atoms with E-state index in [1.54, 1.807) is 17.2 Å². The highest BCUT2D eigenvalue weighted by Gasteiger charge is 2.30. The molecule has 6 heteroatoms. The monoisotopic (exact) mass is 290 g/mol. The molecule has 1 amide bonds. The van der Waals surface area contributed by atoms with Crippen molar-refractivity contribution < 1.29 is 19.7 Å². The molecule has 0 aromatic carbocycles. The van der Waals surface area contributed by atoms with Crippen LogP contribution in [0.3, 0.4) is 0 Å². The Bertz CT molecular complexity index is 564. The molecule has 21 heavy (non-hydrogen) atoms. The van der Waals surface area contributed by atoms with Crippen molar-refractivity contribution in [2.24, 2.45) is 0 Å². The first kappa shape index (κ1) is 15.4. The van der Waals surface area contributed by atoms with Crippen LogP contribution < -0.4 is 0 Å². The van der Waals surface area contributed by atoms with Gasteiger partial charge in [-0.1, -0.05) is 11.8 Å². The molecule has 0 saturated carbocycles. The van der Waals surface area contributed by atoms with Crippen LogP contribution in [0.2, 0.25) is 0 Å². The third kappa shape index (κ3) is 3.79. The van der Waals surface area contributed by atoms with Gasteiger partial charge in [0.2, 0.25) is 0 Å². The molecular formula is C15H18N2O4. The zero-order valence-corrected chi connectivity index (χ0v) is 11.8. The van der Waals surface area contributed by atoms with Crippen molar-refractivity contribution in [1.29, 1.82) is 0 Å². The number of nitrogens with zero attached hydrogens (tertiary/aromatic N) is 2. The van der Waals surface area contributed by atoms with E-state index >= 15 is 0 Å². The number of rotatable bonds is 2. The van der Waals surface area contributed by atoms with Gasteiger partial charge in [-0.05, 0) is 13.0 Å². The fourth-order valence-electron chi connectivity index (χ4n) is 2.14. The van der Waals surface area contributed by atoms with Crippen LogP contribution in [0.4, 0.5) is 0 Å². The molecule has 2 rings (SSSR count). The van der Waals surface area contributed by atoms with Gasteiger partial charge in [-0.25, -0.2) is 0 Å². The average molecular weight is 290 g/mol. The van der Waals surface area contributed by atoms with Gasteiger partial charge < -0.3 is 19.8 Å². The lowest BCUT2D eigenvalue weighted by Gasteiger charge is -2.37. The van der Waals surface area contributed by atoms with E-state index in [2.05, 4.69) is 16.8 Å². The summed E-state index contributed by atoms with van der Waals surface area (Å²) in [5.41, 5.74) is 1.01. The summed E-state index contributed by atoms with van der Waals surface area (Å²) in [5.74, 6) is 5.09. The summed E-state index contributed by atoms with van der Waals surface area (Å²) < 4.78 is 5.42. The molecule has 1 fully saturated rings. The first-order valence-electron chi connectivity index (χ1n) is 6.74. The lowest BCUT2D eigenvalue weighted by Crippen LogP contribution is -2.52. The Labute approximate surface area is 123 Å². The first-order valence-corrected chi connectivity index (χ1v) is 6.74. The maximum atomic E-state index is 12.5.